The number of nitrogens with zero attached hydrogens (tertiary/aromatic N) is 3. The molecule has 4 rings (SSSR count). The third-order valence-corrected chi connectivity index (χ3v) is 6.48. The summed E-state index contributed by atoms with van der Waals surface area (Å²) in [6.07, 6.45) is 3.23. The van der Waals surface area contributed by atoms with Crippen molar-refractivity contribution in [3.8, 4) is 5.69 Å². The molecule has 2 heterocycles. The fourth-order valence-electron chi connectivity index (χ4n) is 3.72. The number of amides is 1. The molecule has 168 valence electrons. The van der Waals surface area contributed by atoms with Crippen molar-refractivity contribution in [1.82, 2.24) is 14.5 Å². The Morgan fingerprint density at radius 1 is 1.03 bits per heavy atom. The van der Waals surface area contributed by atoms with Crippen molar-refractivity contribution in [2.24, 2.45) is 0 Å². The Hall–Kier alpha value is -2.71. The zero-order valence-corrected chi connectivity index (χ0v) is 18.7. The summed E-state index contributed by atoms with van der Waals surface area (Å²) in [6, 6.07) is 13.1. The summed E-state index contributed by atoms with van der Waals surface area (Å²) in [5, 5.41) is 1.12. The van der Waals surface area contributed by atoms with E-state index in [0.29, 0.717) is 54.5 Å². The first-order valence-electron chi connectivity index (χ1n) is 10.9. The van der Waals surface area contributed by atoms with Crippen LogP contribution in [0.25, 0.3) is 16.6 Å². The molecule has 0 atom stereocenters. The minimum absolute atomic E-state index is 0.166. The highest BCUT2D eigenvalue weighted by molar-refractivity contribution is 7.99. The van der Waals surface area contributed by atoms with Gasteiger partial charge in [-0.2, -0.15) is 0 Å². The van der Waals surface area contributed by atoms with E-state index in [0.717, 1.165) is 25.0 Å². The summed E-state index contributed by atoms with van der Waals surface area (Å²) < 4.78 is 20.2. The van der Waals surface area contributed by atoms with Crippen molar-refractivity contribution in [1.29, 1.82) is 0 Å². The zero-order valence-electron chi connectivity index (χ0n) is 17.8. The number of unbranched alkanes of at least 4 members (excludes halogenated alkanes) is 2. The number of benzene rings is 2. The van der Waals surface area contributed by atoms with Gasteiger partial charge in [0.2, 0.25) is 5.91 Å². The van der Waals surface area contributed by atoms with Gasteiger partial charge in [-0.1, -0.05) is 30.3 Å². The van der Waals surface area contributed by atoms with Crippen molar-refractivity contribution in [3.05, 3.63) is 64.7 Å². The molecule has 1 fully saturated rings. The summed E-state index contributed by atoms with van der Waals surface area (Å²) in [5.41, 5.74) is 1.07. The van der Waals surface area contributed by atoms with Crippen LogP contribution in [0.3, 0.4) is 0 Å². The maximum absolute atomic E-state index is 13.4. The van der Waals surface area contributed by atoms with Crippen molar-refractivity contribution < 1.29 is 13.9 Å². The highest BCUT2D eigenvalue weighted by Crippen LogP contribution is 2.23. The van der Waals surface area contributed by atoms with Crippen LogP contribution in [0.15, 0.2) is 58.5 Å². The first kappa shape index (κ1) is 22.5. The summed E-state index contributed by atoms with van der Waals surface area (Å²) in [5.74, 6) is 0.622. The Labute approximate surface area is 190 Å². The molecule has 32 heavy (non-hydrogen) atoms. The van der Waals surface area contributed by atoms with Gasteiger partial charge in [0.05, 0.1) is 29.8 Å². The Bertz CT molecular complexity index is 1130. The number of carbonyl (C=O) groups is 1. The van der Waals surface area contributed by atoms with Crippen LogP contribution in [0.4, 0.5) is 4.39 Å². The average molecular weight is 456 g/mol. The Balaban J connectivity index is 1.40. The molecule has 1 saturated heterocycles. The smallest absolute Gasteiger partial charge is 0.266 e. The van der Waals surface area contributed by atoms with E-state index < -0.39 is 0 Å². The molecule has 1 aromatic heterocycles. The molecule has 1 aliphatic rings. The second kappa shape index (κ2) is 10.7. The van der Waals surface area contributed by atoms with E-state index in [-0.39, 0.29) is 17.3 Å². The predicted octanol–water partition coefficient (Wildman–Crippen LogP) is 4.04. The molecular formula is C24H26FN3O3S. The monoisotopic (exact) mass is 455 g/mol. The quantitative estimate of drug-likeness (QED) is 0.291. The number of hydrogen-bond acceptors (Lipinski definition) is 5. The van der Waals surface area contributed by atoms with Gasteiger partial charge in [0.25, 0.3) is 5.56 Å². The van der Waals surface area contributed by atoms with E-state index in [1.54, 1.807) is 22.8 Å². The lowest BCUT2D eigenvalue weighted by molar-refractivity contribution is -0.135. The Kier molecular flexibility index (Phi) is 7.55. The van der Waals surface area contributed by atoms with Gasteiger partial charge in [0.1, 0.15) is 5.82 Å². The van der Waals surface area contributed by atoms with Gasteiger partial charge in [-0.15, -0.1) is 0 Å². The minimum Gasteiger partial charge on any atom is -0.378 e. The van der Waals surface area contributed by atoms with Gasteiger partial charge < -0.3 is 9.64 Å². The molecule has 6 nitrogen and oxygen atoms in total. The molecule has 3 aromatic rings. The van der Waals surface area contributed by atoms with Crippen LogP contribution in [0.1, 0.15) is 25.7 Å². The van der Waals surface area contributed by atoms with E-state index in [1.807, 2.05) is 23.1 Å². The maximum atomic E-state index is 13.4. The Morgan fingerprint density at radius 3 is 2.56 bits per heavy atom. The summed E-state index contributed by atoms with van der Waals surface area (Å²) in [4.78, 5) is 32.0. The second-order valence-electron chi connectivity index (χ2n) is 7.68. The van der Waals surface area contributed by atoms with Gasteiger partial charge >= 0.3 is 0 Å². The van der Waals surface area contributed by atoms with Crippen LogP contribution < -0.4 is 5.56 Å². The molecule has 0 aliphatic carbocycles. The number of morpholine rings is 1. The third-order valence-electron chi connectivity index (χ3n) is 5.46. The lowest BCUT2D eigenvalue weighted by atomic mass is 10.2. The fraction of sp³-hybridized carbons (Fsp3) is 0.375. The molecule has 0 N–H and O–H groups in total. The van der Waals surface area contributed by atoms with Crippen LogP contribution in [0.5, 0.6) is 0 Å². The van der Waals surface area contributed by atoms with Crippen molar-refractivity contribution in [2.45, 2.75) is 30.8 Å². The number of fused-ring (bicyclic) bond motifs is 1. The molecule has 1 aliphatic heterocycles. The number of ether oxygens (including phenoxy) is 1. The number of halogens is 1. The number of para-hydroxylation sites is 1. The zero-order chi connectivity index (χ0) is 22.3. The first-order valence-corrected chi connectivity index (χ1v) is 11.9. The number of carbonyl (C=O) groups excluding carboxylic acids is 1. The summed E-state index contributed by atoms with van der Waals surface area (Å²) in [6.45, 7) is 2.61. The third kappa shape index (κ3) is 5.37. The Morgan fingerprint density at radius 2 is 1.78 bits per heavy atom. The average Bonchev–Trinajstić information content (AvgIpc) is 2.83. The van der Waals surface area contributed by atoms with Gasteiger partial charge in [0.15, 0.2) is 5.16 Å². The molecule has 2 aromatic carbocycles. The van der Waals surface area contributed by atoms with Crippen LogP contribution in [0.2, 0.25) is 0 Å². The van der Waals surface area contributed by atoms with E-state index in [4.69, 9.17) is 9.72 Å². The van der Waals surface area contributed by atoms with Gasteiger partial charge in [-0.05, 0) is 49.2 Å². The van der Waals surface area contributed by atoms with Crippen LogP contribution in [-0.2, 0) is 9.53 Å². The SMILES string of the molecule is O=C(CCCCCSc1nc2ccccc2c(=O)n1-c1ccc(F)cc1)N1CCOCC1. The molecule has 8 heteroatoms. The minimum atomic E-state index is -0.351. The standard InChI is InChI=1S/C24H26FN3O3S/c25-18-9-11-19(12-10-18)28-23(30)20-6-3-4-7-21(20)26-24(28)32-17-5-1-2-8-22(29)27-13-15-31-16-14-27/h3-4,6-7,9-12H,1-2,5,8,13-17H2. The predicted molar refractivity (Wildman–Crippen MR) is 124 cm³/mol. The molecule has 0 radical (unpaired) electrons. The van der Waals surface area contributed by atoms with E-state index in [2.05, 4.69) is 0 Å². The second-order valence-corrected chi connectivity index (χ2v) is 8.74. The lowest BCUT2D eigenvalue weighted by Crippen LogP contribution is -2.40. The van der Waals surface area contributed by atoms with Crippen molar-refractivity contribution >= 4 is 28.6 Å². The van der Waals surface area contributed by atoms with Crippen molar-refractivity contribution in [3.63, 3.8) is 0 Å². The normalized spacial score (nSPS) is 14.1. The van der Waals surface area contributed by atoms with Gasteiger partial charge in [-0.25, -0.2) is 9.37 Å². The topological polar surface area (TPSA) is 64.4 Å². The van der Waals surface area contributed by atoms with Crippen LogP contribution in [-0.4, -0.2) is 52.4 Å². The number of rotatable bonds is 8. The molecule has 0 saturated carbocycles. The molecule has 0 unspecified atom stereocenters. The maximum Gasteiger partial charge on any atom is 0.266 e. The van der Waals surface area contributed by atoms with Gasteiger partial charge in [-0.3, -0.25) is 14.2 Å². The molecule has 0 spiro atoms. The number of thioether (sulfide) groups is 1. The van der Waals surface area contributed by atoms with E-state index >= 15 is 0 Å². The number of aromatic nitrogens is 2. The van der Waals surface area contributed by atoms with Crippen LogP contribution in [0, 0.1) is 5.82 Å². The van der Waals surface area contributed by atoms with Crippen molar-refractivity contribution in [2.75, 3.05) is 32.1 Å². The molecule has 0 bridgehead atoms. The van der Waals surface area contributed by atoms with Crippen LogP contribution >= 0.6 is 11.8 Å². The highest BCUT2D eigenvalue weighted by Gasteiger charge is 2.16. The van der Waals surface area contributed by atoms with E-state index in [1.165, 1.54) is 23.9 Å². The summed E-state index contributed by atoms with van der Waals surface area (Å²) >= 11 is 1.51. The number of hydrogen-bond donors (Lipinski definition) is 0. The lowest BCUT2D eigenvalue weighted by Gasteiger charge is -2.26. The summed E-state index contributed by atoms with van der Waals surface area (Å²) in [7, 11) is 0. The molecular weight excluding hydrogens is 429 g/mol. The highest BCUT2D eigenvalue weighted by atomic mass is 32.2. The van der Waals surface area contributed by atoms with E-state index in [9.17, 15) is 14.0 Å². The fourth-order valence-corrected chi connectivity index (χ4v) is 4.73. The first-order chi connectivity index (χ1) is 15.6. The van der Waals surface area contributed by atoms with Gasteiger partial charge in [0, 0.05) is 25.3 Å². The largest absolute Gasteiger partial charge is 0.378 e. The molecule has 1 amide bonds.